The molecule has 4 aromatic rings. The fraction of sp³-hybridized carbons (Fsp3) is 0.167. The van der Waals surface area contributed by atoms with E-state index in [4.69, 9.17) is 11.6 Å². The van der Waals surface area contributed by atoms with E-state index in [0.717, 1.165) is 11.3 Å². The molecule has 3 atom stereocenters. The lowest BCUT2D eigenvalue weighted by molar-refractivity contribution is -0.131. The largest absolute Gasteiger partial charge is 0.508 e. The van der Waals surface area contributed by atoms with Crippen LogP contribution in [0.5, 0.6) is 5.75 Å². The molecule has 7 nitrogen and oxygen atoms in total. The summed E-state index contributed by atoms with van der Waals surface area (Å²) in [6.07, 6.45) is 0.0254. The number of phenols is 1. The molecule has 1 aliphatic heterocycles. The summed E-state index contributed by atoms with van der Waals surface area (Å²) in [6.45, 7) is 0. The van der Waals surface area contributed by atoms with E-state index < -0.39 is 25.7 Å². The number of aliphatic hydroxyl groups is 1. The minimum atomic E-state index is -4.35. The fourth-order valence-electron chi connectivity index (χ4n) is 5.07. The van der Waals surface area contributed by atoms with Gasteiger partial charge >= 0.3 is 7.60 Å². The number of carbonyl (C=O) groups excluding carboxylic acids is 1. The molecule has 1 amide bonds. The molecular weight excluding hydrogens is 537 g/mol. The third kappa shape index (κ3) is 5.64. The lowest BCUT2D eigenvalue weighted by atomic mass is 9.77. The van der Waals surface area contributed by atoms with Crippen LogP contribution in [0.15, 0.2) is 97.1 Å². The third-order valence-corrected chi connectivity index (χ3v) is 8.36. The molecule has 200 valence electrons. The fourth-order valence-corrected chi connectivity index (χ4v) is 5.74. The molecule has 0 radical (unpaired) electrons. The van der Waals surface area contributed by atoms with Crippen molar-refractivity contribution in [1.82, 2.24) is 0 Å². The van der Waals surface area contributed by atoms with Crippen molar-refractivity contribution in [2.24, 2.45) is 5.92 Å². The second kappa shape index (κ2) is 11.0. The Morgan fingerprint density at radius 3 is 2.13 bits per heavy atom. The summed E-state index contributed by atoms with van der Waals surface area (Å²) in [7, 11) is -4.35. The molecule has 4 N–H and O–H groups in total. The van der Waals surface area contributed by atoms with Crippen molar-refractivity contribution < 1.29 is 29.4 Å². The van der Waals surface area contributed by atoms with Crippen molar-refractivity contribution >= 4 is 36.1 Å². The van der Waals surface area contributed by atoms with Gasteiger partial charge in [-0.2, -0.15) is 0 Å². The molecule has 1 aliphatic rings. The van der Waals surface area contributed by atoms with Gasteiger partial charge in [0, 0.05) is 16.3 Å². The Hall–Kier alpha value is -3.45. The highest BCUT2D eigenvalue weighted by Gasteiger charge is 2.49. The van der Waals surface area contributed by atoms with Crippen LogP contribution in [0, 0.1) is 5.92 Å². The first-order valence-electron chi connectivity index (χ1n) is 12.4. The third-order valence-electron chi connectivity index (χ3n) is 7.14. The minimum absolute atomic E-state index is 0.00763. The van der Waals surface area contributed by atoms with E-state index in [1.165, 1.54) is 12.1 Å². The molecule has 0 aromatic heterocycles. The van der Waals surface area contributed by atoms with E-state index in [9.17, 15) is 29.4 Å². The van der Waals surface area contributed by atoms with Gasteiger partial charge in [-0.15, -0.1) is 0 Å². The Kier molecular flexibility index (Phi) is 7.63. The second-order valence-electron chi connectivity index (χ2n) is 9.60. The summed E-state index contributed by atoms with van der Waals surface area (Å²) in [5.74, 6) is -0.509. The first-order chi connectivity index (χ1) is 18.6. The zero-order valence-electron chi connectivity index (χ0n) is 20.8. The number of hydrogen-bond donors (Lipinski definition) is 4. The number of aromatic hydroxyl groups is 1. The monoisotopic (exact) mass is 563 g/mol. The zero-order chi connectivity index (χ0) is 27.7. The van der Waals surface area contributed by atoms with Crippen molar-refractivity contribution in [3.63, 3.8) is 0 Å². The SMILES string of the molecule is O=C1[C@H](CC[C@H](O)c2ccc(Cl)cc2)[C@@H](c2ccc(-c3ccc(P(=O)(O)O)cc3)cc2O)N1c1ccccc1. The number of phenolic OH excluding ortho intramolecular Hbond substituents is 1. The van der Waals surface area contributed by atoms with Crippen LogP contribution in [0.4, 0.5) is 5.69 Å². The number of para-hydroxylation sites is 1. The number of nitrogens with zero attached hydrogens (tertiary/aromatic N) is 1. The summed E-state index contributed by atoms with van der Waals surface area (Å²) in [6, 6.07) is 26.9. The summed E-state index contributed by atoms with van der Waals surface area (Å²) < 4.78 is 11.5. The number of carbonyl (C=O) groups is 1. The number of amides is 1. The maximum absolute atomic E-state index is 13.3. The summed E-state index contributed by atoms with van der Waals surface area (Å²) in [4.78, 5) is 33.7. The Balaban J connectivity index is 1.42. The highest BCUT2D eigenvalue weighted by Crippen LogP contribution is 2.49. The molecule has 0 unspecified atom stereocenters. The van der Waals surface area contributed by atoms with Gasteiger partial charge in [0.1, 0.15) is 5.75 Å². The topological polar surface area (TPSA) is 118 Å². The van der Waals surface area contributed by atoms with Crippen LogP contribution in [-0.4, -0.2) is 25.9 Å². The number of halogens is 1. The molecule has 1 fully saturated rings. The van der Waals surface area contributed by atoms with Crippen molar-refractivity contribution in [2.75, 3.05) is 4.90 Å². The van der Waals surface area contributed by atoms with E-state index in [1.807, 2.05) is 36.4 Å². The summed E-state index contributed by atoms with van der Waals surface area (Å²) >= 11 is 5.96. The molecule has 9 heteroatoms. The molecule has 5 rings (SSSR count). The van der Waals surface area contributed by atoms with E-state index in [2.05, 4.69) is 0 Å². The van der Waals surface area contributed by atoms with Crippen molar-refractivity contribution in [1.29, 1.82) is 0 Å². The molecule has 39 heavy (non-hydrogen) atoms. The highest BCUT2D eigenvalue weighted by molar-refractivity contribution is 7.60. The Morgan fingerprint density at radius 1 is 0.872 bits per heavy atom. The molecule has 1 heterocycles. The predicted octanol–water partition coefficient (Wildman–Crippen LogP) is 5.73. The van der Waals surface area contributed by atoms with Crippen molar-refractivity contribution in [2.45, 2.75) is 25.0 Å². The molecule has 0 spiro atoms. The average Bonchev–Trinajstić information content (AvgIpc) is 2.92. The average molecular weight is 564 g/mol. The summed E-state index contributed by atoms with van der Waals surface area (Å²) in [5.41, 5.74) is 3.37. The molecule has 0 bridgehead atoms. The van der Waals surface area contributed by atoms with Crippen LogP contribution in [0.2, 0.25) is 5.02 Å². The van der Waals surface area contributed by atoms with E-state index in [0.29, 0.717) is 34.6 Å². The number of benzene rings is 4. The molecular formula is C30H27ClNO6P. The zero-order valence-corrected chi connectivity index (χ0v) is 22.4. The van der Waals surface area contributed by atoms with Gasteiger partial charge in [0.25, 0.3) is 0 Å². The quantitative estimate of drug-likeness (QED) is 0.160. The number of rotatable bonds is 8. The van der Waals surface area contributed by atoms with Gasteiger partial charge < -0.3 is 24.9 Å². The number of β-lactam (4-membered cyclic amide) rings is 1. The van der Waals surface area contributed by atoms with E-state index in [1.54, 1.807) is 53.4 Å². The van der Waals surface area contributed by atoms with Crippen molar-refractivity contribution in [3.8, 4) is 16.9 Å². The smallest absolute Gasteiger partial charge is 0.356 e. The maximum atomic E-state index is 13.3. The van der Waals surface area contributed by atoms with Gasteiger partial charge in [-0.25, -0.2) is 0 Å². The van der Waals surface area contributed by atoms with Crippen LogP contribution >= 0.6 is 19.2 Å². The lowest BCUT2D eigenvalue weighted by Crippen LogP contribution is -2.55. The van der Waals surface area contributed by atoms with Crippen LogP contribution in [0.25, 0.3) is 11.1 Å². The number of aliphatic hydroxyl groups excluding tert-OH is 1. The Labute approximate surface area is 231 Å². The Bertz CT molecular complexity index is 1520. The summed E-state index contributed by atoms with van der Waals surface area (Å²) in [5, 5.41) is 22.3. The minimum Gasteiger partial charge on any atom is -0.508 e. The van der Waals surface area contributed by atoms with Crippen LogP contribution < -0.4 is 10.2 Å². The normalized spacial score (nSPS) is 18.1. The highest BCUT2D eigenvalue weighted by atomic mass is 35.5. The lowest BCUT2D eigenvalue weighted by Gasteiger charge is -2.48. The van der Waals surface area contributed by atoms with Crippen LogP contribution in [0.1, 0.15) is 36.1 Å². The van der Waals surface area contributed by atoms with Gasteiger partial charge in [0.05, 0.1) is 23.4 Å². The van der Waals surface area contributed by atoms with E-state index in [-0.39, 0.29) is 17.0 Å². The van der Waals surface area contributed by atoms with Gasteiger partial charge in [-0.3, -0.25) is 9.36 Å². The molecule has 0 aliphatic carbocycles. The van der Waals surface area contributed by atoms with Crippen molar-refractivity contribution in [3.05, 3.63) is 113 Å². The van der Waals surface area contributed by atoms with Gasteiger partial charge in [-0.05, 0) is 72.0 Å². The van der Waals surface area contributed by atoms with Gasteiger partial charge in [-0.1, -0.05) is 66.2 Å². The van der Waals surface area contributed by atoms with Gasteiger partial charge in [0.15, 0.2) is 0 Å². The second-order valence-corrected chi connectivity index (χ2v) is 11.6. The predicted molar refractivity (Wildman–Crippen MR) is 151 cm³/mol. The van der Waals surface area contributed by atoms with Crippen LogP contribution in [-0.2, 0) is 9.36 Å². The van der Waals surface area contributed by atoms with Crippen LogP contribution in [0.3, 0.4) is 0 Å². The van der Waals surface area contributed by atoms with E-state index >= 15 is 0 Å². The first-order valence-corrected chi connectivity index (χ1v) is 14.4. The number of anilines is 1. The maximum Gasteiger partial charge on any atom is 0.356 e. The Morgan fingerprint density at radius 2 is 1.51 bits per heavy atom. The molecule has 4 aromatic carbocycles. The first kappa shape index (κ1) is 27.1. The van der Waals surface area contributed by atoms with Gasteiger partial charge in [0.2, 0.25) is 5.91 Å². The standard InChI is InChI=1S/C30H27ClNO6P/c31-22-11-6-20(7-12-22)27(33)17-16-26-29(32(30(26)35)23-4-2-1-3-5-23)25-15-10-21(18-28(25)34)19-8-13-24(14-9-19)39(36,37)38/h1-15,18,26-27,29,33-34H,16-17H2,(H2,36,37,38)/t26-,27+,29-/m1/s1. The molecule has 0 saturated carbocycles. The number of hydrogen-bond acceptors (Lipinski definition) is 4. The molecule has 1 saturated heterocycles.